The second-order valence-electron chi connectivity index (χ2n) is 6.94. The Morgan fingerprint density at radius 2 is 2.12 bits per heavy atom. The molecule has 1 amide bonds. The third-order valence-electron chi connectivity index (χ3n) is 4.93. The van der Waals surface area contributed by atoms with Crippen LogP contribution in [0.4, 0.5) is 5.82 Å². The van der Waals surface area contributed by atoms with Crippen molar-refractivity contribution in [2.45, 2.75) is 39.3 Å². The molecule has 0 radical (unpaired) electrons. The predicted molar refractivity (Wildman–Crippen MR) is 102 cm³/mol. The largest absolute Gasteiger partial charge is 0.378 e. The Kier molecular flexibility index (Phi) is 6.06. The van der Waals surface area contributed by atoms with Crippen molar-refractivity contribution in [2.75, 3.05) is 25.1 Å². The van der Waals surface area contributed by atoms with Gasteiger partial charge in [0.1, 0.15) is 5.82 Å². The zero-order valence-corrected chi connectivity index (χ0v) is 15.9. The van der Waals surface area contributed by atoms with Crippen molar-refractivity contribution in [3.63, 3.8) is 0 Å². The fraction of sp³-hybridized carbons (Fsp3) is 0.500. The summed E-state index contributed by atoms with van der Waals surface area (Å²) in [7, 11) is 1.82. The lowest BCUT2D eigenvalue weighted by Crippen LogP contribution is -2.44. The van der Waals surface area contributed by atoms with Gasteiger partial charge in [-0.25, -0.2) is 0 Å². The molecule has 6 heteroatoms. The first-order chi connectivity index (χ1) is 12.6. The van der Waals surface area contributed by atoms with E-state index in [9.17, 15) is 4.79 Å². The highest BCUT2D eigenvalue weighted by Crippen LogP contribution is 2.18. The number of hydrogen-bond acceptors (Lipinski definition) is 4. The Labute approximate surface area is 155 Å². The number of nitrogens with one attached hydrogen (secondary N) is 1. The molecule has 3 rings (SSSR count). The summed E-state index contributed by atoms with van der Waals surface area (Å²) in [5.74, 6) is 0.619. The Bertz CT molecular complexity index is 717. The maximum atomic E-state index is 12.5. The molecule has 0 saturated carbocycles. The van der Waals surface area contributed by atoms with Crippen LogP contribution < -0.4 is 5.32 Å². The minimum atomic E-state index is -0.113. The number of morpholine rings is 1. The molecule has 140 valence electrons. The summed E-state index contributed by atoms with van der Waals surface area (Å²) < 4.78 is 7.30. The van der Waals surface area contributed by atoms with Crippen LogP contribution in [0.2, 0.25) is 0 Å². The van der Waals surface area contributed by atoms with Crippen molar-refractivity contribution < 1.29 is 9.53 Å². The lowest BCUT2D eigenvalue weighted by molar-refractivity contribution is -0.0147. The van der Waals surface area contributed by atoms with Crippen molar-refractivity contribution in [3.05, 3.63) is 47.2 Å². The van der Waals surface area contributed by atoms with Crippen LogP contribution in [-0.4, -0.2) is 46.4 Å². The normalized spacial score (nSPS) is 18.0. The molecule has 1 aliphatic rings. The molecule has 0 spiro atoms. The number of nitrogens with zero attached hydrogens (tertiary/aromatic N) is 3. The van der Waals surface area contributed by atoms with Crippen molar-refractivity contribution in [2.24, 2.45) is 7.05 Å². The van der Waals surface area contributed by atoms with Crippen LogP contribution in [0.15, 0.2) is 30.5 Å². The van der Waals surface area contributed by atoms with Crippen LogP contribution >= 0.6 is 0 Å². The number of amides is 1. The fourth-order valence-corrected chi connectivity index (χ4v) is 3.40. The molecule has 0 aliphatic carbocycles. The molecule has 2 aromatic rings. The lowest BCUT2D eigenvalue weighted by Gasteiger charge is -2.35. The van der Waals surface area contributed by atoms with Crippen LogP contribution in [0, 0.1) is 6.92 Å². The number of carbonyl (C=O) groups is 1. The van der Waals surface area contributed by atoms with Gasteiger partial charge in [-0.1, -0.05) is 25.5 Å². The molecule has 1 aromatic heterocycles. The highest BCUT2D eigenvalue weighted by Gasteiger charge is 2.22. The molecule has 1 aliphatic heterocycles. The molecule has 1 fully saturated rings. The zero-order valence-electron chi connectivity index (χ0n) is 15.9. The minimum Gasteiger partial charge on any atom is -0.378 e. The number of rotatable bonds is 6. The van der Waals surface area contributed by atoms with Crippen LogP contribution in [0.1, 0.15) is 41.3 Å². The third kappa shape index (κ3) is 4.31. The highest BCUT2D eigenvalue weighted by atomic mass is 16.5. The van der Waals surface area contributed by atoms with Gasteiger partial charge in [0.2, 0.25) is 0 Å². The minimum absolute atomic E-state index is 0.113. The average Bonchev–Trinajstić information content (AvgIpc) is 2.96. The molecular weight excluding hydrogens is 328 g/mol. The molecule has 0 unspecified atom stereocenters. The number of carbonyl (C=O) groups excluding carboxylic acids is 1. The van der Waals surface area contributed by atoms with E-state index >= 15 is 0 Å². The van der Waals surface area contributed by atoms with Crippen molar-refractivity contribution in [1.82, 2.24) is 14.7 Å². The van der Waals surface area contributed by atoms with Gasteiger partial charge in [-0.15, -0.1) is 0 Å². The van der Waals surface area contributed by atoms with Gasteiger partial charge in [-0.05, 0) is 31.0 Å². The number of anilines is 1. The maximum absolute atomic E-state index is 12.5. The lowest BCUT2D eigenvalue weighted by atomic mass is 10.1. The Balaban J connectivity index is 1.63. The summed E-state index contributed by atoms with van der Waals surface area (Å²) in [6.45, 7) is 7.62. The average molecular weight is 356 g/mol. The smallest absolute Gasteiger partial charge is 0.256 e. The summed E-state index contributed by atoms with van der Waals surface area (Å²) in [6, 6.07) is 8.37. The Morgan fingerprint density at radius 3 is 2.77 bits per heavy atom. The molecule has 26 heavy (non-hydrogen) atoms. The quantitative estimate of drug-likeness (QED) is 0.864. The van der Waals surface area contributed by atoms with Crippen LogP contribution in [0.3, 0.4) is 0 Å². The Hall–Kier alpha value is -2.18. The summed E-state index contributed by atoms with van der Waals surface area (Å²) in [5, 5.41) is 7.08. The van der Waals surface area contributed by atoms with E-state index in [1.807, 2.05) is 38.2 Å². The topological polar surface area (TPSA) is 59.4 Å². The second kappa shape index (κ2) is 8.47. The van der Waals surface area contributed by atoms with Gasteiger partial charge in [-0.3, -0.25) is 14.4 Å². The van der Waals surface area contributed by atoms with E-state index in [2.05, 4.69) is 22.2 Å². The monoisotopic (exact) mass is 356 g/mol. The van der Waals surface area contributed by atoms with E-state index < -0.39 is 0 Å². The van der Waals surface area contributed by atoms with E-state index in [0.717, 1.165) is 50.5 Å². The van der Waals surface area contributed by atoms with Gasteiger partial charge >= 0.3 is 0 Å². The summed E-state index contributed by atoms with van der Waals surface area (Å²) in [4.78, 5) is 15.0. The first kappa shape index (κ1) is 18.6. The van der Waals surface area contributed by atoms with Crippen molar-refractivity contribution in [1.29, 1.82) is 0 Å². The molecule has 1 atom stereocenters. The molecular formula is C20H28N4O2. The molecule has 1 aromatic carbocycles. The van der Waals surface area contributed by atoms with Crippen LogP contribution in [0.5, 0.6) is 0 Å². The van der Waals surface area contributed by atoms with Crippen molar-refractivity contribution in [3.8, 4) is 0 Å². The van der Waals surface area contributed by atoms with Crippen LogP contribution in [-0.2, 0) is 18.3 Å². The molecule has 1 N–H and O–H groups in total. The van der Waals surface area contributed by atoms with Crippen molar-refractivity contribution >= 4 is 11.7 Å². The maximum Gasteiger partial charge on any atom is 0.256 e. The zero-order chi connectivity index (χ0) is 18.5. The van der Waals surface area contributed by atoms with E-state index in [4.69, 9.17) is 4.74 Å². The summed E-state index contributed by atoms with van der Waals surface area (Å²) in [5.41, 5.74) is 2.83. The van der Waals surface area contributed by atoms with E-state index in [1.54, 1.807) is 10.9 Å². The Morgan fingerprint density at radius 1 is 1.35 bits per heavy atom. The van der Waals surface area contributed by atoms with Crippen LogP contribution in [0.25, 0.3) is 0 Å². The number of aryl methyl sites for hydroxylation is 2. The van der Waals surface area contributed by atoms with Gasteiger partial charge in [0.15, 0.2) is 0 Å². The second-order valence-corrected chi connectivity index (χ2v) is 6.94. The van der Waals surface area contributed by atoms with E-state index in [-0.39, 0.29) is 5.91 Å². The first-order valence-electron chi connectivity index (χ1n) is 9.29. The SMILES string of the molecule is CCC[C@@H]1COCCN1Cc1ccc(C(=O)Nc2c(C)cnn2C)cc1. The number of benzene rings is 1. The standard InChI is InChI=1S/C20H28N4O2/c1-4-5-18-14-26-11-10-24(18)13-16-6-8-17(9-7-16)20(25)22-19-15(2)12-21-23(19)3/h6-9,12,18H,4-5,10-11,13-14H2,1-3H3,(H,22,25)/t18-/m1/s1. The van der Waals surface area contributed by atoms with Gasteiger partial charge < -0.3 is 10.1 Å². The summed E-state index contributed by atoms with van der Waals surface area (Å²) >= 11 is 0. The first-order valence-corrected chi connectivity index (χ1v) is 9.29. The molecule has 6 nitrogen and oxygen atoms in total. The number of ether oxygens (including phenoxy) is 1. The predicted octanol–water partition coefficient (Wildman–Crippen LogP) is 2.98. The highest BCUT2D eigenvalue weighted by molar-refractivity contribution is 6.04. The van der Waals surface area contributed by atoms with Gasteiger partial charge in [0.05, 0.1) is 19.4 Å². The van der Waals surface area contributed by atoms with E-state index in [0.29, 0.717) is 11.6 Å². The fourth-order valence-electron chi connectivity index (χ4n) is 3.40. The molecule has 2 heterocycles. The van der Waals surface area contributed by atoms with Gasteiger partial charge in [0.25, 0.3) is 5.91 Å². The number of aromatic nitrogens is 2. The van der Waals surface area contributed by atoms with Gasteiger partial charge in [-0.2, -0.15) is 5.10 Å². The molecule has 1 saturated heterocycles. The summed E-state index contributed by atoms with van der Waals surface area (Å²) in [6.07, 6.45) is 4.06. The van der Waals surface area contributed by atoms with Gasteiger partial charge in [0, 0.05) is 37.3 Å². The van der Waals surface area contributed by atoms with E-state index in [1.165, 1.54) is 5.56 Å². The molecule has 0 bridgehead atoms. The third-order valence-corrected chi connectivity index (χ3v) is 4.93. The number of hydrogen-bond donors (Lipinski definition) is 1.